The lowest BCUT2D eigenvalue weighted by Crippen LogP contribution is -2.42. The van der Waals surface area contributed by atoms with Gasteiger partial charge >= 0.3 is 0 Å². The minimum absolute atomic E-state index is 0.0279. The molecule has 2 fully saturated rings. The van der Waals surface area contributed by atoms with Crippen molar-refractivity contribution in [2.45, 2.75) is 19.8 Å². The molecule has 1 aromatic rings. The Kier molecular flexibility index (Phi) is 5.27. The Labute approximate surface area is 152 Å². The molecule has 2 aliphatic rings. The van der Waals surface area contributed by atoms with Crippen LogP contribution in [0.3, 0.4) is 0 Å². The van der Waals surface area contributed by atoms with Gasteiger partial charge < -0.3 is 14.7 Å². The first kappa shape index (κ1) is 17.7. The van der Waals surface area contributed by atoms with Gasteiger partial charge in [-0.15, -0.1) is 0 Å². The molecular formula is C18H22ClN3O3. The second-order valence-corrected chi connectivity index (χ2v) is 6.93. The van der Waals surface area contributed by atoms with Crippen LogP contribution >= 0.6 is 11.6 Å². The van der Waals surface area contributed by atoms with Crippen molar-refractivity contribution in [2.75, 3.05) is 37.6 Å². The lowest BCUT2D eigenvalue weighted by Gasteiger charge is -2.24. The molecule has 0 N–H and O–H groups in total. The molecule has 1 atom stereocenters. The molecule has 3 amide bonds. The molecule has 2 heterocycles. The van der Waals surface area contributed by atoms with Gasteiger partial charge in [0.15, 0.2) is 0 Å². The maximum Gasteiger partial charge on any atom is 0.239 e. The molecule has 0 bridgehead atoms. The van der Waals surface area contributed by atoms with E-state index in [0.29, 0.717) is 44.2 Å². The molecule has 1 aromatic carbocycles. The Morgan fingerprint density at radius 2 is 1.64 bits per heavy atom. The van der Waals surface area contributed by atoms with Gasteiger partial charge in [-0.05, 0) is 37.1 Å². The van der Waals surface area contributed by atoms with Crippen molar-refractivity contribution in [3.63, 3.8) is 0 Å². The zero-order valence-corrected chi connectivity index (χ0v) is 15.0. The van der Waals surface area contributed by atoms with E-state index in [0.717, 1.165) is 12.1 Å². The van der Waals surface area contributed by atoms with E-state index in [2.05, 4.69) is 0 Å². The lowest BCUT2D eigenvalue weighted by atomic mass is 10.1. The quantitative estimate of drug-likeness (QED) is 0.752. The third-order valence-electron chi connectivity index (χ3n) is 4.89. The number of nitrogens with zero attached hydrogens (tertiary/aromatic N) is 3. The minimum atomic E-state index is -0.625. The Balaban J connectivity index is 1.66. The molecule has 0 aromatic heterocycles. The standard InChI is InChI=1S/C18H22ClN3O3/c1-13(23)20-8-2-9-21(12-11-20)17(24)16-7-10-22(18(16)25)15-5-3-14(19)4-6-15/h3-6,16H,2,7-12H2,1H3. The van der Waals surface area contributed by atoms with Gasteiger partial charge in [-0.2, -0.15) is 0 Å². The topological polar surface area (TPSA) is 60.9 Å². The van der Waals surface area contributed by atoms with E-state index in [-0.39, 0.29) is 17.7 Å². The van der Waals surface area contributed by atoms with Crippen LogP contribution in [0.1, 0.15) is 19.8 Å². The number of hydrogen-bond acceptors (Lipinski definition) is 3. The number of halogens is 1. The van der Waals surface area contributed by atoms with Gasteiger partial charge in [0.05, 0.1) is 0 Å². The fourth-order valence-corrected chi connectivity index (χ4v) is 3.59. The molecule has 6 nitrogen and oxygen atoms in total. The summed E-state index contributed by atoms with van der Waals surface area (Å²) in [5.41, 5.74) is 0.767. The second-order valence-electron chi connectivity index (χ2n) is 6.49. The lowest BCUT2D eigenvalue weighted by molar-refractivity contribution is -0.140. The maximum absolute atomic E-state index is 12.8. The van der Waals surface area contributed by atoms with Gasteiger partial charge in [-0.3, -0.25) is 14.4 Å². The summed E-state index contributed by atoms with van der Waals surface area (Å²) in [4.78, 5) is 42.2. The van der Waals surface area contributed by atoms with E-state index in [1.807, 2.05) is 0 Å². The van der Waals surface area contributed by atoms with Crippen LogP contribution < -0.4 is 4.90 Å². The summed E-state index contributed by atoms with van der Waals surface area (Å²) in [5, 5.41) is 0.614. The number of carbonyl (C=O) groups excluding carboxylic acids is 3. The first-order chi connectivity index (χ1) is 12.0. The Morgan fingerprint density at radius 3 is 2.32 bits per heavy atom. The SMILES string of the molecule is CC(=O)N1CCCN(C(=O)C2CCN(c3ccc(Cl)cc3)C2=O)CC1. The van der Waals surface area contributed by atoms with Crippen molar-refractivity contribution in [2.24, 2.45) is 5.92 Å². The number of rotatable bonds is 2. The molecule has 7 heteroatoms. The van der Waals surface area contributed by atoms with Gasteiger partial charge in [0.25, 0.3) is 0 Å². The van der Waals surface area contributed by atoms with Gasteiger partial charge in [0.2, 0.25) is 17.7 Å². The average Bonchev–Trinajstić information content (AvgIpc) is 2.82. The van der Waals surface area contributed by atoms with E-state index in [9.17, 15) is 14.4 Å². The van der Waals surface area contributed by atoms with Crippen LogP contribution in [-0.2, 0) is 14.4 Å². The van der Waals surface area contributed by atoms with Crippen LogP contribution in [0.2, 0.25) is 5.02 Å². The molecule has 0 aliphatic carbocycles. The van der Waals surface area contributed by atoms with Crippen molar-refractivity contribution in [1.82, 2.24) is 9.80 Å². The zero-order valence-electron chi connectivity index (χ0n) is 14.3. The molecule has 2 saturated heterocycles. The molecule has 3 rings (SSSR count). The van der Waals surface area contributed by atoms with Gasteiger partial charge in [0.1, 0.15) is 5.92 Å². The van der Waals surface area contributed by atoms with Crippen LogP contribution in [0.5, 0.6) is 0 Å². The predicted octanol–water partition coefficient (Wildman–Crippen LogP) is 1.77. The number of amides is 3. The van der Waals surface area contributed by atoms with Gasteiger partial charge in [0, 0.05) is 50.4 Å². The smallest absolute Gasteiger partial charge is 0.239 e. The molecule has 0 spiro atoms. The van der Waals surface area contributed by atoms with E-state index >= 15 is 0 Å². The number of benzene rings is 1. The third kappa shape index (κ3) is 3.79. The molecule has 1 unspecified atom stereocenters. The zero-order chi connectivity index (χ0) is 18.0. The van der Waals surface area contributed by atoms with Crippen LogP contribution in [0.25, 0.3) is 0 Å². The Morgan fingerprint density at radius 1 is 1.00 bits per heavy atom. The molecule has 0 saturated carbocycles. The first-order valence-corrected chi connectivity index (χ1v) is 8.96. The largest absolute Gasteiger partial charge is 0.341 e. The summed E-state index contributed by atoms with van der Waals surface area (Å²) in [6.07, 6.45) is 1.26. The average molecular weight is 364 g/mol. The highest BCUT2D eigenvalue weighted by atomic mass is 35.5. The van der Waals surface area contributed by atoms with E-state index in [4.69, 9.17) is 11.6 Å². The first-order valence-electron chi connectivity index (χ1n) is 8.58. The molecule has 25 heavy (non-hydrogen) atoms. The molecular weight excluding hydrogens is 342 g/mol. The summed E-state index contributed by atoms with van der Waals surface area (Å²) < 4.78 is 0. The van der Waals surface area contributed by atoms with E-state index < -0.39 is 5.92 Å². The minimum Gasteiger partial charge on any atom is -0.341 e. The Bertz CT molecular complexity index is 677. The van der Waals surface area contributed by atoms with Crippen molar-refractivity contribution in [3.05, 3.63) is 29.3 Å². The highest BCUT2D eigenvalue weighted by Crippen LogP contribution is 2.27. The van der Waals surface area contributed by atoms with Crippen molar-refractivity contribution < 1.29 is 14.4 Å². The highest BCUT2D eigenvalue weighted by Gasteiger charge is 2.40. The molecule has 0 radical (unpaired) electrons. The third-order valence-corrected chi connectivity index (χ3v) is 5.15. The molecule has 2 aliphatic heterocycles. The maximum atomic E-state index is 12.8. The molecule has 134 valence electrons. The highest BCUT2D eigenvalue weighted by molar-refractivity contribution is 6.30. The van der Waals surface area contributed by atoms with Crippen molar-refractivity contribution in [1.29, 1.82) is 0 Å². The van der Waals surface area contributed by atoms with Gasteiger partial charge in [-0.25, -0.2) is 0 Å². The number of carbonyl (C=O) groups is 3. The monoisotopic (exact) mass is 363 g/mol. The number of anilines is 1. The fraction of sp³-hybridized carbons (Fsp3) is 0.500. The van der Waals surface area contributed by atoms with Crippen LogP contribution in [0, 0.1) is 5.92 Å². The van der Waals surface area contributed by atoms with Crippen LogP contribution in [0.15, 0.2) is 24.3 Å². The van der Waals surface area contributed by atoms with Crippen molar-refractivity contribution in [3.8, 4) is 0 Å². The summed E-state index contributed by atoms with van der Waals surface area (Å²) in [6, 6.07) is 7.07. The summed E-state index contributed by atoms with van der Waals surface area (Å²) >= 11 is 5.89. The van der Waals surface area contributed by atoms with Crippen LogP contribution in [-0.4, -0.2) is 60.2 Å². The van der Waals surface area contributed by atoms with Crippen molar-refractivity contribution >= 4 is 35.0 Å². The van der Waals surface area contributed by atoms with Gasteiger partial charge in [-0.1, -0.05) is 11.6 Å². The summed E-state index contributed by atoms with van der Waals surface area (Å²) in [5.74, 6) is -0.869. The van der Waals surface area contributed by atoms with E-state index in [1.54, 1.807) is 45.9 Å². The summed E-state index contributed by atoms with van der Waals surface area (Å²) in [7, 11) is 0. The fourth-order valence-electron chi connectivity index (χ4n) is 3.46. The predicted molar refractivity (Wildman–Crippen MR) is 95.4 cm³/mol. The normalized spacial score (nSPS) is 21.4. The second kappa shape index (κ2) is 7.44. The summed E-state index contributed by atoms with van der Waals surface area (Å²) in [6.45, 7) is 4.35. The van der Waals surface area contributed by atoms with E-state index in [1.165, 1.54) is 0 Å². The Hall–Kier alpha value is -2.08. The number of hydrogen-bond donors (Lipinski definition) is 0. The van der Waals surface area contributed by atoms with Crippen LogP contribution in [0.4, 0.5) is 5.69 Å².